The number of nitrogen functional groups attached to an aromatic ring is 1. The van der Waals surface area contributed by atoms with Crippen LogP contribution in [0.15, 0.2) is 190 Å². The van der Waals surface area contributed by atoms with Crippen molar-refractivity contribution in [1.82, 2.24) is 93.3 Å². The highest BCUT2D eigenvalue weighted by Gasteiger charge is 2.41. The Bertz CT molecular complexity index is 6660. The van der Waals surface area contributed by atoms with Gasteiger partial charge in [-0.1, -0.05) is 60.7 Å². The number of aromatic carboxylic acids is 1. The zero-order valence-electron chi connectivity index (χ0n) is 74.9. The summed E-state index contributed by atoms with van der Waals surface area (Å²) in [6.45, 7) is 23.3. The lowest BCUT2D eigenvalue weighted by Crippen LogP contribution is -2.37. The number of H-pyrrole nitrogens is 1. The lowest BCUT2D eigenvalue weighted by Gasteiger charge is -2.23. The number of esters is 2. The van der Waals surface area contributed by atoms with Gasteiger partial charge in [0.2, 0.25) is 0 Å². The normalized spacial score (nSPS) is 15.7. The van der Waals surface area contributed by atoms with Gasteiger partial charge in [0.05, 0.1) is 93.0 Å². The standard InChI is InChI=1S/C22H20N6O2.C17H22BrN3O4.C11H10BrN3O.C11H12N4O.C11H10N2O2.C9H7BrN2O2.C8H15NO5S.CH2Cl2/c1-14-10-23-22(30)18-9-16-7-8-19(25-20(16)28(14)18)26-21(29)17-11-24-27(13-17)12-15-5-3-2-4-6-15;1-10(9-19-16(23)25-17(2,3)4)21-12(15(22)24-5)8-11-6-7-13(18)20-14(11)21;2*1-6-5-13-11(16)8-4-7-2-3-9(12)14-10(7)15(6)8;14-11(15)10-6-12-13(8-10)7-9-4-2-1-3-5-9;1-14-9(13)6-4-5-2-3-7(10)12-8(5)11-6;1-6-5-9(15(11,12)14-6)7(10)13-8(2,3)4;2-1-3/h2-9,11,13-14H,10,12H2,1H3,(H,23,30)(H,25,26,29);6-8,10H,9H2,1-5H3,(H,19,23);2-4,6H,5H2,1H3,(H,13,16);2-4,6H,5H2,1H3,(H2,12,14)(H,13,16);1-6,8H,7H2,(H,14,15);2-4H,1H3,(H,11,12);6H,5H2,1-4H3;1H2/t14-;10-;2*6-;;;6-;/m1111..0./s1. The SMILES string of the molecule is COC(=O)c1cc2ccc(Br)nc2[nH]1.COC(=O)c1cc2ccc(Br)nc2n1[C@H](C)CNC(=O)OC(C)(C)C.C[C@@H]1CNC(=O)c2cc3ccc(Br)nc3n21.C[C@@H]1CNC(=O)c2cc3ccc(N)nc3n21.C[C@@H]1CNC(=O)c2cc3ccc(NC(=O)c4cnn(Cc5ccccc5)c4)nc3n21.C[C@H]1CN(C(=O)OC(C)(C)C)S(=O)(=O)O1.ClCCl.O=C(O)c1cnn(Cc2ccccc2)c1. The van der Waals surface area contributed by atoms with Crippen LogP contribution in [0.4, 0.5) is 21.2 Å². The minimum atomic E-state index is -3.95. The first-order chi connectivity index (χ1) is 63.5. The van der Waals surface area contributed by atoms with Gasteiger partial charge >= 0.3 is 40.4 Å². The van der Waals surface area contributed by atoms with E-state index in [4.69, 9.17) is 48.3 Å². The van der Waals surface area contributed by atoms with Crippen LogP contribution in [0.3, 0.4) is 0 Å². The van der Waals surface area contributed by atoms with Crippen LogP contribution in [0.2, 0.25) is 0 Å². The van der Waals surface area contributed by atoms with Gasteiger partial charge in [0.25, 0.3) is 23.6 Å². The van der Waals surface area contributed by atoms with Crippen LogP contribution in [-0.4, -0.2) is 209 Å². The number of alkyl halides is 2. The number of halogens is 5. The predicted molar refractivity (Wildman–Crippen MR) is 515 cm³/mol. The minimum absolute atomic E-state index is 0.00273. The molecular formula is C90H98Br3Cl2N21O17S. The average molecular weight is 2090 g/mol. The van der Waals surface area contributed by atoms with Gasteiger partial charge in [-0.25, -0.2) is 53.1 Å². The van der Waals surface area contributed by atoms with Crippen LogP contribution < -0.4 is 32.3 Å². The topological polar surface area (TPSA) is 479 Å². The number of aromatic amines is 1. The molecule has 706 valence electrons. The summed E-state index contributed by atoms with van der Waals surface area (Å²) < 4.78 is 60.6. The zero-order chi connectivity index (χ0) is 97.4. The molecule has 2 aromatic carbocycles. The summed E-state index contributed by atoms with van der Waals surface area (Å²) in [7, 11) is -1.27. The smallest absolute Gasteiger partial charge is 0.425 e. The van der Waals surface area contributed by atoms with Gasteiger partial charge in [-0.15, -0.1) is 23.2 Å². The van der Waals surface area contributed by atoms with Gasteiger partial charge in [-0.2, -0.15) is 22.9 Å². The molecule has 38 nitrogen and oxygen atoms in total. The van der Waals surface area contributed by atoms with Crippen LogP contribution in [0.5, 0.6) is 0 Å². The van der Waals surface area contributed by atoms with E-state index in [9.17, 15) is 51.6 Å². The maximum absolute atomic E-state index is 12.7. The van der Waals surface area contributed by atoms with Gasteiger partial charge < -0.3 is 79.6 Å². The molecule has 1 fully saturated rings. The van der Waals surface area contributed by atoms with Gasteiger partial charge in [0, 0.05) is 65.5 Å². The Labute approximate surface area is 804 Å². The number of fused-ring (bicyclic) bond motifs is 11. The monoisotopic (exact) mass is 2080 g/mol. The molecule has 0 aliphatic carbocycles. The summed E-state index contributed by atoms with van der Waals surface area (Å²) in [5, 5.41) is 35.8. The highest BCUT2D eigenvalue weighted by Crippen LogP contribution is 2.32. The molecule has 0 radical (unpaired) electrons. The van der Waals surface area contributed by atoms with Crippen LogP contribution in [0.25, 0.3) is 55.2 Å². The Balaban J connectivity index is 0.000000153. The van der Waals surface area contributed by atoms with Crippen molar-refractivity contribution in [2.75, 3.05) is 63.3 Å². The second-order valence-electron chi connectivity index (χ2n) is 32.7. The number of nitrogens with one attached hydrogen (secondary N) is 6. The molecule has 4 aliphatic heterocycles. The van der Waals surface area contributed by atoms with Gasteiger partial charge in [0.1, 0.15) is 93.4 Å². The first-order valence-corrected chi connectivity index (χ1v) is 46.4. The largest absolute Gasteiger partial charge is 0.478 e. The summed E-state index contributed by atoms with van der Waals surface area (Å²) in [5.41, 5.74) is 13.6. The first kappa shape index (κ1) is 101. The van der Waals surface area contributed by atoms with Crippen molar-refractivity contribution in [2.24, 2.45) is 0 Å². The number of pyridine rings is 5. The van der Waals surface area contributed by atoms with E-state index in [0.29, 0.717) is 104 Å². The third-order valence-electron chi connectivity index (χ3n) is 20.0. The Hall–Kier alpha value is -13.1. The molecule has 16 heterocycles. The van der Waals surface area contributed by atoms with E-state index in [1.54, 1.807) is 105 Å². The van der Waals surface area contributed by atoms with Crippen molar-refractivity contribution < 1.29 is 79.8 Å². The van der Waals surface area contributed by atoms with Crippen LogP contribution in [-0.2, 0) is 46.5 Å². The van der Waals surface area contributed by atoms with Gasteiger partial charge in [-0.3, -0.25) is 28.5 Å². The number of benzene rings is 2. The summed E-state index contributed by atoms with van der Waals surface area (Å²) in [4.78, 5) is 130. The lowest BCUT2D eigenvalue weighted by atomic mass is 10.2. The molecule has 0 bridgehead atoms. The highest BCUT2D eigenvalue weighted by atomic mass is 79.9. The molecule has 14 aromatic rings. The second-order valence-corrected chi connectivity index (χ2v) is 37.4. The van der Waals surface area contributed by atoms with E-state index in [1.807, 2.05) is 156 Å². The second kappa shape index (κ2) is 44.6. The van der Waals surface area contributed by atoms with Crippen molar-refractivity contribution >= 4 is 202 Å². The number of hydrogen-bond donors (Lipinski definition) is 8. The van der Waals surface area contributed by atoms with Crippen molar-refractivity contribution in [3.8, 4) is 0 Å². The number of nitrogens with two attached hydrogens (primary N) is 1. The molecule has 6 amide bonds. The zero-order valence-corrected chi connectivity index (χ0v) is 82.0. The fourth-order valence-electron chi connectivity index (χ4n) is 14.0. The van der Waals surface area contributed by atoms with E-state index in [0.717, 1.165) is 58.6 Å². The predicted octanol–water partition coefficient (Wildman–Crippen LogP) is 15.6. The van der Waals surface area contributed by atoms with Crippen molar-refractivity contribution in [2.45, 2.75) is 131 Å². The number of nitrogens with zero attached hydrogens (tertiary/aromatic N) is 14. The number of amides is 6. The van der Waals surface area contributed by atoms with Gasteiger partial charge in [-0.05, 0) is 226 Å². The number of carbonyl (C=O) groups is 9. The quantitative estimate of drug-likeness (QED) is 0.0244. The molecule has 1 saturated heterocycles. The number of alkyl carbamates (subject to hydrolysis) is 1. The van der Waals surface area contributed by atoms with Crippen LogP contribution >= 0.6 is 71.0 Å². The molecule has 4 aliphatic rings. The Morgan fingerprint density at radius 2 is 1.01 bits per heavy atom. The van der Waals surface area contributed by atoms with Crippen molar-refractivity contribution in [1.29, 1.82) is 0 Å². The third kappa shape index (κ3) is 26.2. The number of aromatic nitrogens is 14. The van der Waals surface area contributed by atoms with Crippen LogP contribution in [0.1, 0.15) is 185 Å². The molecule has 12 aromatic heterocycles. The number of ether oxygens (including phenoxy) is 4. The summed E-state index contributed by atoms with van der Waals surface area (Å²) in [5.74, 6) is -1.34. The van der Waals surface area contributed by atoms with Crippen molar-refractivity contribution in [3.05, 3.63) is 241 Å². The van der Waals surface area contributed by atoms with Crippen molar-refractivity contribution in [3.63, 3.8) is 0 Å². The van der Waals surface area contributed by atoms with E-state index in [-0.39, 0.29) is 77.8 Å². The molecule has 134 heavy (non-hydrogen) atoms. The van der Waals surface area contributed by atoms with E-state index in [1.165, 1.54) is 26.6 Å². The van der Waals surface area contributed by atoms with E-state index >= 15 is 0 Å². The number of hydrogen-bond acceptors (Lipinski definition) is 24. The van der Waals surface area contributed by atoms with Gasteiger partial charge in [0.15, 0.2) is 0 Å². The number of carboxylic acids is 1. The maximum Gasteiger partial charge on any atom is 0.425 e. The first-order valence-electron chi connectivity index (χ1n) is 41.5. The molecular weight excluding hydrogens is 1990 g/mol. The Kier molecular flexibility index (Phi) is 33.8. The fourth-order valence-corrected chi connectivity index (χ4v) is 16.1. The number of rotatable bonds is 12. The molecule has 18 rings (SSSR count). The van der Waals surface area contributed by atoms with Crippen LogP contribution in [0, 0.1) is 0 Å². The average Bonchev–Trinajstić information content (AvgIpc) is 1.62. The molecule has 0 spiro atoms. The Morgan fingerprint density at radius 3 is 1.49 bits per heavy atom. The lowest BCUT2D eigenvalue weighted by molar-refractivity contribution is 0.0396. The number of methoxy groups -OCH3 is 2. The summed E-state index contributed by atoms with van der Waals surface area (Å²) >= 11 is 19.5. The maximum atomic E-state index is 12.7. The molecule has 44 heteroatoms. The number of anilines is 2. The third-order valence-corrected chi connectivity index (χ3v) is 22.7. The fraction of sp³-hybridized carbons (Fsp3) is 0.311. The molecule has 0 unspecified atom stereocenters. The van der Waals surface area contributed by atoms with E-state index < -0.39 is 51.7 Å². The Morgan fingerprint density at radius 1 is 0.575 bits per heavy atom. The molecule has 5 atom stereocenters. The van der Waals surface area contributed by atoms with E-state index in [2.05, 4.69) is 130 Å². The number of carboxylic acid groups (broad SMARTS) is 1. The summed E-state index contributed by atoms with van der Waals surface area (Å²) in [6, 6.07) is 47.5. The molecule has 0 saturated carbocycles. The summed E-state index contributed by atoms with van der Waals surface area (Å²) in [6.07, 6.45) is 4.20. The molecule has 9 N–H and O–H groups in total. The highest BCUT2D eigenvalue weighted by molar-refractivity contribution is 9.11. The minimum Gasteiger partial charge on any atom is -0.478 e. The number of carbonyl (C=O) groups excluding carboxylic acids is 8.